The maximum absolute atomic E-state index is 13.6. The Morgan fingerprint density at radius 2 is 0.792 bits per heavy atom. The number of ether oxygens (including phenoxy) is 1. The second-order valence-corrected chi connectivity index (χ2v) is 24.7. The van der Waals surface area contributed by atoms with Crippen molar-refractivity contribution in [3.63, 3.8) is 0 Å². The van der Waals surface area contributed by atoms with Gasteiger partial charge >= 0.3 is 13.8 Å². The molecule has 0 saturated heterocycles. The first kappa shape index (κ1) is 74.7. The number of phosphoric ester groups is 1. The van der Waals surface area contributed by atoms with Crippen LogP contribution in [0.1, 0.15) is 303 Å². The number of quaternary nitrogens is 1. The molecule has 3 unspecified atom stereocenters. The van der Waals surface area contributed by atoms with E-state index in [2.05, 4.69) is 74.7 Å². The number of rotatable bonds is 59. The molecule has 0 aliphatic rings. The van der Waals surface area contributed by atoms with Crippen LogP contribution in [0.25, 0.3) is 0 Å². The summed E-state index contributed by atoms with van der Waals surface area (Å²) >= 11 is 0. The average molecular weight is 1100 g/mol. The molecule has 0 heterocycles. The highest BCUT2D eigenvalue weighted by Gasteiger charge is 2.30. The van der Waals surface area contributed by atoms with Crippen LogP contribution in [0.15, 0.2) is 60.8 Å². The lowest BCUT2D eigenvalue weighted by molar-refractivity contribution is -0.870. The van der Waals surface area contributed by atoms with E-state index in [9.17, 15) is 19.0 Å². The quantitative estimate of drug-likeness (QED) is 0.0205. The van der Waals surface area contributed by atoms with E-state index in [-0.39, 0.29) is 31.5 Å². The first-order chi connectivity index (χ1) is 37.4. The van der Waals surface area contributed by atoms with Gasteiger partial charge in [-0.2, -0.15) is 0 Å². The normalized spacial score (nSPS) is 14.0. The molecule has 0 aliphatic heterocycles. The number of hydrogen-bond donors (Lipinski definition) is 2. The lowest BCUT2D eigenvalue weighted by Crippen LogP contribution is -2.47. The van der Waals surface area contributed by atoms with Crippen molar-refractivity contribution >= 4 is 19.7 Å². The van der Waals surface area contributed by atoms with Crippen LogP contribution in [-0.2, 0) is 27.9 Å². The first-order valence-electron chi connectivity index (χ1n) is 32.6. The van der Waals surface area contributed by atoms with Crippen molar-refractivity contribution in [3.8, 4) is 0 Å². The Labute approximate surface area is 477 Å². The van der Waals surface area contributed by atoms with E-state index in [4.69, 9.17) is 13.8 Å². The first-order valence-corrected chi connectivity index (χ1v) is 34.1. The highest BCUT2D eigenvalue weighted by atomic mass is 31.2. The molecule has 3 atom stereocenters. The summed E-state index contributed by atoms with van der Waals surface area (Å²) in [4.78, 5) is 37.8. The van der Waals surface area contributed by atoms with Gasteiger partial charge in [0.1, 0.15) is 19.3 Å². The van der Waals surface area contributed by atoms with Crippen LogP contribution in [0.5, 0.6) is 0 Å². The summed E-state index contributed by atoms with van der Waals surface area (Å²) in [5, 5.41) is 3.06. The van der Waals surface area contributed by atoms with Crippen LogP contribution in [0.3, 0.4) is 0 Å². The molecule has 77 heavy (non-hydrogen) atoms. The van der Waals surface area contributed by atoms with Crippen LogP contribution in [-0.4, -0.2) is 74.3 Å². The molecule has 9 nitrogen and oxygen atoms in total. The number of hydrogen-bond acceptors (Lipinski definition) is 6. The van der Waals surface area contributed by atoms with E-state index in [1.54, 1.807) is 0 Å². The van der Waals surface area contributed by atoms with Gasteiger partial charge in [-0.3, -0.25) is 18.6 Å². The number of esters is 1. The predicted molar refractivity (Wildman–Crippen MR) is 332 cm³/mol. The van der Waals surface area contributed by atoms with E-state index >= 15 is 0 Å². The Morgan fingerprint density at radius 3 is 1.22 bits per heavy atom. The summed E-state index contributed by atoms with van der Waals surface area (Å²) in [6, 6.07) is -0.859. The third-order valence-corrected chi connectivity index (χ3v) is 15.4. The van der Waals surface area contributed by atoms with Crippen molar-refractivity contribution in [1.82, 2.24) is 5.32 Å². The van der Waals surface area contributed by atoms with E-state index in [1.807, 2.05) is 33.3 Å². The molecule has 0 aromatic carbocycles. The van der Waals surface area contributed by atoms with Crippen molar-refractivity contribution in [2.45, 2.75) is 315 Å². The third-order valence-electron chi connectivity index (χ3n) is 14.4. The van der Waals surface area contributed by atoms with Crippen molar-refractivity contribution in [2.24, 2.45) is 0 Å². The van der Waals surface area contributed by atoms with Crippen molar-refractivity contribution in [2.75, 3.05) is 40.9 Å². The lowest BCUT2D eigenvalue weighted by Gasteiger charge is -2.27. The minimum absolute atomic E-state index is 0.0358. The fraction of sp³-hybridized carbons (Fsp3) is 0.821. The molecule has 10 heteroatoms. The summed E-state index contributed by atoms with van der Waals surface area (Å²) < 4.78 is 30.7. The van der Waals surface area contributed by atoms with Crippen LogP contribution in [0.4, 0.5) is 0 Å². The van der Waals surface area contributed by atoms with E-state index in [0.717, 1.165) is 77.0 Å². The minimum atomic E-state index is -4.46. The Kier molecular flexibility index (Phi) is 55.3. The maximum atomic E-state index is 13.6. The van der Waals surface area contributed by atoms with Gasteiger partial charge in [0, 0.05) is 12.8 Å². The highest BCUT2D eigenvalue weighted by molar-refractivity contribution is 7.47. The highest BCUT2D eigenvalue weighted by Crippen LogP contribution is 2.43. The van der Waals surface area contributed by atoms with Gasteiger partial charge in [-0.1, -0.05) is 255 Å². The largest absolute Gasteiger partial charge is 0.472 e. The number of carbonyl (C=O) groups excluding carboxylic acids is 2. The van der Waals surface area contributed by atoms with Crippen molar-refractivity contribution < 1.29 is 37.3 Å². The zero-order valence-corrected chi connectivity index (χ0v) is 52.3. The molecule has 0 aromatic heterocycles. The fourth-order valence-corrected chi connectivity index (χ4v) is 10.1. The number of nitrogens with zero attached hydrogens (tertiary/aromatic N) is 1. The zero-order valence-electron chi connectivity index (χ0n) is 51.5. The molecule has 0 spiro atoms. The SMILES string of the molecule is CCCCC/C=C\C/C=C\C/C=C\CCCCCCC(=O)OC(/C=C\CCCCCCCCCCCCC)C(COP(=O)(O)OCC[N+](C)(C)C)NC(=O)CCCCCCCCCCCCC/C=C/CCCCCCCC. The number of nitrogens with one attached hydrogen (secondary N) is 1. The van der Waals surface area contributed by atoms with E-state index in [1.165, 1.54) is 186 Å². The molecular formula is C67H126N2O7P+. The summed E-state index contributed by atoms with van der Waals surface area (Å²) in [5.41, 5.74) is 0. The van der Waals surface area contributed by atoms with Gasteiger partial charge in [-0.25, -0.2) is 4.57 Å². The zero-order chi connectivity index (χ0) is 56.4. The molecule has 0 fully saturated rings. The Bertz CT molecular complexity index is 1500. The second kappa shape index (κ2) is 57.0. The van der Waals surface area contributed by atoms with Gasteiger partial charge in [0.05, 0.1) is 33.8 Å². The molecule has 0 bridgehead atoms. The van der Waals surface area contributed by atoms with Gasteiger partial charge in [0.15, 0.2) is 0 Å². The monoisotopic (exact) mass is 1100 g/mol. The molecule has 2 N–H and O–H groups in total. The molecule has 450 valence electrons. The molecular weight excluding hydrogens is 976 g/mol. The number of likely N-dealkylation sites (N-methyl/N-ethyl adjacent to an activating group) is 1. The van der Waals surface area contributed by atoms with Crippen LogP contribution in [0, 0.1) is 0 Å². The van der Waals surface area contributed by atoms with Gasteiger partial charge in [0.2, 0.25) is 5.91 Å². The predicted octanol–water partition coefficient (Wildman–Crippen LogP) is 20.2. The smallest absolute Gasteiger partial charge is 0.456 e. The second-order valence-electron chi connectivity index (χ2n) is 23.3. The number of carbonyl (C=O) groups is 2. The van der Waals surface area contributed by atoms with E-state index in [0.29, 0.717) is 23.9 Å². The number of phosphoric acid groups is 1. The van der Waals surface area contributed by atoms with Crippen molar-refractivity contribution in [1.29, 1.82) is 0 Å². The molecule has 0 aliphatic carbocycles. The summed E-state index contributed by atoms with van der Waals surface area (Å²) in [6.45, 7) is 6.99. The van der Waals surface area contributed by atoms with Gasteiger partial charge < -0.3 is 19.4 Å². The summed E-state index contributed by atoms with van der Waals surface area (Å²) in [6.07, 6.45) is 72.1. The summed E-state index contributed by atoms with van der Waals surface area (Å²) in [5.74, 6) is -0.523. The van der Waals surface area contributed by atoms with E-state index < -0.39 is 20.0 Å². The Morgan fingerprint density at radius 1 is 0.455 bits per heavy atom. The molecule has 1 amide bonds. The third kappa shape index (κ3) is 58.2. The van der Waals surface area contributed by atoms with Crippen molar-refractivity contribution in [3.05, 3.63) is 60.8 Å². The molecule has 0 saturated carbocycles. The van der Waals surface area contributed by atoms with Crippen LogP contribution < -0.4 is 5.32 Å². The van der Waals surface area contributed by atoms with Gasteiger partial charge in [0.25, 0.3) is 0 Å². The standard InChI is InChI=1S/C67H125N2O7P/c1-7-10-13-16-19-22-25-28-30-32-33-34-35-37-38-41-44-47-50-53-56-59-66(70)68-64(63-75-77(72,73)74-62-61-69(4,5)6)65(58-55-52-49-46-43-40-27-24-21-18-15-12-9-3)76-67(71)60-57-54-51-48-45-42-39-36-31-29-26-23-20-17-14-11-8-2/h20,23,28-31,39,42,55,58,64-65H,7-19,21-22,24-27,32-38,40-41,43-54,56-57,59-63H2,1-6H3,(H-,68,70,72,73)/p+1/b23-20-,30-28+,31-29-,42-39-,58-55-. The molecule has 0 aromatic rings. The molecule has 0 rings (SSSR count). The summed E-state index contributed by atoms with van der Waals surface area (Å²) in [7, 11) is 1.49. The van der Waals surface area contributed by atoms with Gasteiger partial charge in [-0.15, -0.1) is 0 Å². The van der Waals surface area contributed by atoms with Crippen LogP contribution in [0.2, 0.25) is 0 Å². The Hall–Kier alpha value is -2.29. The number of amides is 1. The minimum Gasteiger partial charge on any atom is -0.456 e. The number of unbranched alkanes of at least 4 members (excludes halogenated alkanes) is 35. The number of allylic oxidation sites excluding steroid dienone is 9. The lowest BCUT2D eigenvalue weighted by atomic mass is 10.0. The van der Waals surface area contributed by atoms with Crippen LogP contribution >= 0.6 is 7.82 Å². The average Bonchev–Trinajstić information content (AvgIpc) is 3.39. The fourth-order valence-electron chi connectivity index (χ4n) is 9.35. The molecule has 0 radical (unpaired) electrons. The topological polar surface area (TPSA) is 111 Å². The maximum Gasteiger partial charge on any atom is 0.472 e. The Balaban J connectivity index is 5.25. The van der Waals surface area contributed by atoms with Gasteiger partial charge in [-0.05, 0) is 96.0 Å².